The molecule has 2 rings (SSSR count). The van der Waals surface area contributed by atoms with E-state index in [1.165, 1.54) is 5.56 Å². The number of carbonyl (C=O) groups excluding carboxylic acids is 1. The summed E-state index contributed by atoms with van der Waals surface area (Å²) in [5, 5.41) is 0. The Morgan fingerprint density at radius 2 is 2.16 bits per heavy atom. The molecule has 104 valence electrons. The summed E-state index contributed by atoms with van der Waals surface area (Å²) in [6.07, 6.45) is 4.89. The van der Waals surface area contributed by atoms with Crippen molar-refractivity contribution in [3.63, 3.8) is 0 Å². The Morgan fingerprint density at radius 3 is 2.89 bits per heavy atom. The van der Waals surface area contributed by atoms with E-state index in [-0.39, 0.29) is 18.3 Å². The van der Waals surface area contributed by atoms with Crippen molar-refractivity contribution in [2.24, 2.45) is 5.92 Å². The molecule has 1 aliphatic carbocycles. The second-order valence-electron chi connectivity index (χ2n) is 5.10. The molecule has 0 aliphatic heterocycles. The third-order valence-corrected chi connectivity index (χ3v) is 3.72. The van der Waals surface area contributed by atoms with Gasteiger partial charge in [0.05, 0.1) is 0 Å². The molecule has 1 aromatic rings. The molecule has 0 fully saturated rings. The molecule has 1 aliphatic rings. The van der Waals surface area contributed by atoms with E-state index in [1.807, 2.05) is 24.3 Å². The Balaban J connectivity index is 0.00000180. The fourth-order valence-electron chi connectivity index (χ4n) is 2.62. The Morgan fingerprint density at radius 1 is 1.42 bits per heavy atom. The van der Waals surface area contributed by atoms with Gasteiger partial charge in [-0.3, -0.25) is 4.79 Å². The van der Waals surface area contributed by atoms with Crippen molar-refractivity contribution in [2.75, 3.05) is 20.1 Å². The molecule has 0 amide bonds. The highest BCUT2D eigenvalue weighted by Crippen LogP contribution is 2.27. The highest BCUT2D eigenvalue weighted by Gasteiger charge is 2.26. The van der Waals surface area contributed by atoms with Gasteiger partial charge in [-0.2, -0.15) is 0 Å². The van der Waals surface area contributed by atoms with Crippen LogP contribution in [0.5, 0.6) is 0 Å². The number of carbonyl (C=O) groups is 1. The molecule has 1 atom stereocenters. The van der Waals surface area contributed by atoms with E-state index in [1.54, 1.807) is 0 Å². The van der Waals surface area contributed by atoms with Crippen molar-refractivity contribution in [3.8, 4) is 0 Å². The van der Waals surface area contributed by atoms with Crippen LogP contribution >= 0.6 is 12.4 Å². The van der Waals surface area contributed by atoms with Crippen LogP contribution in [0.25, 0.3) is 0 Å². The van der Waals surface area contributed by atoms with Crippen molar-refractivity contribution in [1.82, 2.24) is 4.90 Å². The monoisotopic (exact) mass is 279 g/mol. The molecule has 0 spiro atoms. The molecule has 0 saturated heterocycles. The molecular weight excluding hydrogens is 258 g/mol. The van der Waals surface area contributed by atoms with Gasteiger partial charge in [0.2, 0.25) is 0 Å². The van der Waals surface area contributed by atoms with Crippen LogP contribution in [-0.2, 0) is 6.42 Å². The summed E-state index contributed by atoms with van der Waals surface area (Å²) in [4.78, 5) is 14.6. The molecule has 0 saturated carbocycles. The average Bonchev–Trinajstić information content (AvgIpc) is 2.39. The summed E-state index contributed by atoms with van der Waals surface area (Å²) in [5.41, 5.74) is 2.17. The molecule has 0 aromatic heterocycles. The first-order valence-electron chi connectivity index (χ1n) is 6.64. The second-order valence-corrected chi connectivity index (χ2v) is 5.10. The van der Waals surface area contributed by atoms with Gasteiger partial charge in [0.15, 0.2) is 5.78 Å². The smallest absolute Gasteiger partial charge is 0.166 e. The highest BCUT2D eigenvalue weighted by atomic mass is 35.5. The lowest BCUT2D eigenvalue weighted by atomic mass is 9.81. The van der Waals surface area contributed by atoms with Gasteiger partial charge in [0, 0.05) is 18.0 Å². The van der Waals surface area contributed by atoms with E-state index in [0.29, 0.717) is 5.78 Å². The largest absolute Gasteiger partial charge is 0.303 e. The minimum atomic E-state index is 0. The lowest BCUT2D eigenvalue weighted by Gasteiger charge is -2.25. The van der Waals surface area contributed by atoms with Gasteiger partial charge in [0.25, 0.3) is 0 Å². The number of likely N-dealkylation sites (N-methyl/N-ethyl adjacent to an activating group) is 1. The summed E-state index contributed by atoms with van der Waals surface area (Å²) in [6, 6.07) is 8.03. The molecule has 0 radical (unpaired) electrons. The maximum Gasteiger partial charge on any atom is 0.166 e. The van der Waals surface area contributed by atoms with Crippen molar-refractivity contribution in [1.29, 1.82) is 0 Å². The first-order chi connectivity index (χ1) is 8.72. The first kappa shape index (κ1) is 15.9. The lowest BCUT2D eigenvalue weighted by molar-refractivity contribution is 0.0887. The first-order valence-corrected chi connectivity index (χ1v) is 6.64. The van der Waals surface area contributed by atoms with Crippen molar-refractivity contribution in [3.05, 3.63) is 48.0 Å². The van der Waals surface area contributed by atoms with Crippen LogP contribution in [0.3, 0.4) is 0 Å². The van der Waals surface area contributed by atoms with Crippen LogP contribution in [0.2, 0.25) is 0 Å². The van der Waals surface area contributed by atoms with Gasteiger partial charge in [-0.05, 0) is 38.4 Å². The SMILES string of the molecule is C=CCN(C)CCC1CCc2ccccc2C1=O.Cl. The summed E-state index contributed by atoms with van der Waals surface area (Å²) in [7, 11) is 2.07. The topological polar surface area (TPSA) is 20.3 Å². The number of hydrogen-bond donors (Lipinski definition) is 0. The normalized spacial score (nSPS) is 17.8. The summed E-state index contributed by atoms with van der Waals surface area (Å²) in [6.45, 7) is 5.58. The molecule has 2 nitrogen and oxygen atoms in total. The van der Waals surface area contributed by atoms with Crippen LogP contribution in [0.1, 0.15) is 28.8 Å². The Labute approximate surface area is 121 Å². The minimum Gasteiger partial charge on any atom is -0.303 e. The minimum absolute atomic E-state index is 0. The van der Waals surface area contributed by atoms with E-state index in [0.717, 1.165) is 37.9 Å². The van der Waals surface area contributed by atoms with Crippen LogP contribution in [0.4, 0.5) is 0 Å². The standard InChI is InChI=1S/C16H21NO.ClH/c1-3-11-17(2)12-10-14-9-8-13-6-4-5-7-15(13)16(14)18;/h3-7,14H,1,8-12H2,2H3;1H. The maximum atomic E-state index is 12.3. The van der Waals surface area contributed by atoms with E-state index < -0.39 is 0 Å². The van der Waals surface area contributed by atoms with Gasteiger partial charge in [-0.25, -0.2) is 0 Å². The Hall–Kier alpha value is -1.12. The van der Waals surface area contributed by atoms with Crippen LogP contribution in [0.15, 0.2) is 36.9 Å². The van der Waals surface area contributed by atoms with Crippen molar-refractivity contribution < 1.29 is 4.79 Å². The van der Waals surface area contributed by atoms with Crippen molar-refractivity contribution in [2.45, 2.75) is 19.3 Å². The number of fused-ring (bicyclic) bond motifs is 1. The average molecular weight is 280 g/mol. The maximum absolute atomic E-state index is 12.3. The summed E-state index contributed by atoms with van der Waals surface area (Å²) >= 11 is 0. The quantitative estimate of drug-likeness (QED) is 0.771. The van der Waals surface area contributed by atoms with Crippen LogP contribution in [-0.4, -0.2) is 30.8 Å². The predicted molar refractivity (Wildman–Crippen MR) is 82.1 cm³/mol. The molecule has 3 heteroatoms. The van der Waals surface area contributed by atoms with Crippen LogP contribution in [0, 0.1) is 5.92 Å². The third kappa shape index (κ3) is 3.92. The van der Waals surface area contributed by atoms with Gasteiger partial charge < -0.3 is 4.90 Å². The number of nitrogens with zero attached hydrogens (tertiary/aromatic N) is 1. The van der Waals surface area contributed by atoms with Crippen molar-refractivity contribution >= 4 is 18.2 Å². The Bertz CT molecular complexity index is 444. The van der Waals surface area contributed by atoms with E-state index >= 15 is 0 Å². The second kappa shape index (κ2) is 7.46. The van der Waals surface area contributed by atoms with E-state index in [9.17, 15) is 4.79 Å². The molecular formula is C16H22ClNO. The Kier molecular flexibility index (Phi) is 6.26. The molecule has 19 heavy (non-hydrogen) atoms. The molecule has 0 heterocycles. The summed E-state index contributed by atoms with van der Waals surface area (Å²) < 4.78 is 0. The van der Waals surface area contributed by atoms with Gasteiger partial charge >= 0.3 is 0 Å². The van der Waals surface area contributed by atoms with Gasteiger partial charge in [-0.15, -0.1) is 19.0 Å². The predicted octanol–water partition coefficient (Wildman–Crippen LogP) is 3.36. The third-order valence-electron chi connectivity index (χ3n) is 3.72. The number of benzene rings is 1. The highest BCUT2D eigenvalue weighted by molar-refractivity contribution is 6.00. The summed E-state index contributed by atoms with van der Waals surface area (Å²) in [5.74, 6) is 0.538. The molecule has 1 unspecified atom stereocenters. The number of aryl methyl sites for hydroxylation is 1. The van der Waals surface area contributed by atoms with Crippen LogP contribution < -0.4 is 0 Å². The zero-order valence-corrected chi connectivity index (χ0v) is 12.3. The number of rotatable bonds is 5. The zero-order valence-electron chi connectivity index (χ0n) is 11.5. The fraction of sp³-hybridized carbons (Fsp3) is 0.438. The molecule has 0 bridgehead atoms. The van der Waals surface area contributed by atoms with Gasteiger partial charge in [0.1, 0.15) is 0 Å². The zero-order chi connectivity index (χ0) is 13.0. The number of halogens is 1. The molecule has 0 N–H and O–H groups in total. The number of Topliss-reactive ketones (excluding diaryl/α,β-unsaturated/α-hetero) is 1. The lowest BCUT2D eigenvalue weighted by Crippen LogP contribution is -2.28. The van der Waals surface area contributed by atoms with Gasteiger partial charge in [-0.1, -0.05) is 30.3 Å². The van der Waals surface area contributed by atoms with E-state index in [4.69, 9.17) is 0 Å². The number of ketones is 1. The molecule has 1 aromatic carbocycles. The van der Waals surface area contributed by atoms with E-state index in [2.05, 4.69) is 24.6 Å². The number of hydrogen-bond acceptors (Lipinski definition) is 2. The fourth-order valence-corrected chi connectivity index (χ4v) is 2.62.